The molecule has 1 unspecified atom stereocenters. The molecule has 2 aromatic heterocycles. The zero-order valence-electron chi connectivity index (χ0n) is 9.71. The standard InChI is InChI=1S/C13H12N4O/c14-7-11(9-4-5-9)16-13(18)10-8-15-17-6-2-1-3-12(10)17/h1-3,6,8-9,11H,4-5H2,(H,16,18). The zero-order chi connectivity index (χ0) is 12.5. The van der Waals surface area contributed by atoms with Gasteiger partial charge >= 0.3 is 0 Å². The molecule has 3 rings (SSSR count). The molecule has 2 aromatic rings. The van der Waals surface area contributed by atoms with E-state index in [1.165, 1.54) is 6.20 Å². The number of aromatic nitrogens is 2. The molecule has 1 saturated carbocycles. The lowest BCUT2D eigenvalue weighted by molar-refractivity contribution is 0.0943. The number of hydrogen-bond acceptors (Lipinski definition) is 3. The number of nitriles is 1. The van der Waals surface area contributed by atoms with Crippen LogP contribution >= 0.6 is 0 Å². The SMILES string of the molecule is N#CC(NC(=O)c1cnn2ccccc12)C1CC1. The van der Waals surface area contributed by atoms with Crippen molar-refractivity contribution in [2.75, 3.05) is 0 Å². The maximum atomic E-state index is 12.1. The van der Waals surface area contributed by atoms with Crippen molar-refractivity contribution in [1.82, 2.24) is 14.9 Å². The summed E-state index contributed by atoms with van der Waals surface area (Å²) in [6, 6.07) is 7.31. The third kappa shape index (κ3) is 1.82. The Labute approximate surface area is 104 Å². The van der Waals surface area contributed by atoms with Gasteiger partial charge in [0.2, 0.25) is 0 Å². The Morgan fingerprint density at radius 3 is 3.11 bits per heavy atom. The van der Waals surface area contributed by atoms with Gasteiger partial charge < -0.3 is 5.32 Å². The topological polar surface area (TPSA) is 70.2 Å². The number of pyridine rings is 1. The molecule has 0 aliphatic heterocycles. The summed E-state index contributed by atoms with van der Waals surface area (Å²) in [5.41, 5.74) is 1.26. The van der Waals surface area contributed by atoms with Crippen LogP contribution in [-0.4, -0.2) is 21.6 Å². The summed E-state index contributed by atoms with van der Waals surface area (Å²) < 4.78 is 1.65. The third-order valence-corrected chi connectivity index (χ3v) is 3.19. The smallest absolute Gasteiger partial charge is 0.256 e. The zero-order valence-corrected chi connectivity index (χ0v) is 9.71. The Morgan fingerprint density at radius 2 is 2.39 bits per heavy atom. The van der Waals surface area contributed by atoms with E-state index in [0.29, 0.717) is 11.5 Å². The molecule has 1 N–H and O–H groups in total. The fraction of sp³-hybridized carbons (Fsp3) is 0.308. The minimum atomic E-state index is -0.379. The summed E-state index contributed by atoms with van der Waals surface area (Å²) in [6.45, 7) is 0. The van der Waals surface area contributed by atoms with Crippen LogP contribution in [0.15, 0.2) is 30.6 Å². The van der Waals surface area contributed by atoms with E-state index in [-0.39, 0.29) is 11.9 Å². The highest BCUT2D eigenvalue weighted by atomic mass is 16.1. The first-order valence-corrected chi connectivity index (χ1v) is 5.92. The Balaban J connectivity index is 1.86. The van der Waals surface area contributed by atoms with Crippen molar-refractivity contribution in [3.05, 3.63) is 36.2 Å². The van der Waals surface area contributed by atoms with Gasteiger partial charge in [-0.05, 0) is 30.9 Å². The first-order chi connectivity index (χ1) is 8.79. The quantitative estimate of drug-likeness (QED) is 0.880. The van der Waals surface area contributed by atoms with Crippen molar-refractivity contribution in [1.29, 1.82) is 5.26 Å². The average molecular weight is 240 g/mol. The first-order valence-electron chi connectivity index (χ1n) is 5.92. The number of carbonyl (C=O) groups is 1. The van der Waals surface area contributed by atoms with Gasteiger partial charge in [-0.3, -0.25) is 4.79 Å². The van der Waals surface area contributed by atoms with Crippen LogP contribution in [0.5, 0.6) is 0 Å². The van der Waals surface area contributed by atoms with Crippen molar-refractivity contribution >= 4 is 11.4 Å². The van der Waals surface area contributed by atoms with Crippen LogP contribution in [0, 0.1) is 17.2 Å². The fourth-order valence-electron chi connectivity index (χ4n) is 2.01. The molecule has 0 aromatic carbocycles. The van der Waals surface area contributed by atoms with E-state index in [9.17, 15) is 4.79 Å². The van der Waals surface area contributed by atoms with Crippen molar-refractivity contribution in [3.63, 3.8) is 0 Å². The number of nitrogens with zero attached hydrogens (tertiary/aromatic N) is 3. The summed E-state index contributed by atoms with van der Waals surface area (Å²) in [5, 5.41) is 15.9. The van der Waals surface area contributed by atoms with Crippen molar-refractivity contribution in [2.24, 2.45) is 5.92 Å². The normalized spacial score (nSPS) is 16.2. The van der Waals surface area contributed by atoms with E-state index < -0.39 is 0 Å². The molecule has 90 valence electrons. The third-order valence-electron chi connectivity index (χ3n) is 3.19. The number of rotatable bonds is 3. The van der Waals surface area contributed by atoms with Crippen LogP contribution in [0.2, 0.25) is 0 Å². The largest absolute Gasteiger partial charge is 0.336 e. The highest BCUT2D eigenvalue weighted by Crippen LogP contribution is 2.32. The fourth-order valence-corrected chi connectivity index (χ4v) is 2.01. The highest BCUT2D eigenvalue weighted by Gasteiger charge is 2.32. The molecular weight excluding hydrogens is 228 g/mol. The van der Waals surface area contributed by atoms with Crippen LogP contribution in [-0.2, 0) is 0 Å². The number of carbonyl (C=O) groups excluding carboxylic acids is 1. The van der Waals surface area contributed by atoms with Crippen LogP contribution in [0.3, 0.4) is 0 Å². The van der Waals surface area contributed by atoms with Gasteiger partial charge in [0.15, 0.2) is 0 Å². The average Bonchev–Trinajstić information content (AvgIpc) is 3.14. The molecule has 1 amide bonds. The van der Waals surface area contributed by atoms with Crippen molar-refractivity contribution < 1.29 is 4.79 Å². The van der Waals surface area contributed by atoms with E-state index in [4.69, 9.17) is 5.26 Å². The van der Waals surface area contributed by atoms with E-state index >= 15 is 0 Å². The van der Waals surface area contributed by atoms with E-state index in [1.54, 1.807) is 10.7 Å². The van der Waals surface area contributed by atoms with Gasteiger partial charge in [0.05, 0.1) is 23.3 Å². The van der Waals surface area contributed by atoms with Gasteiger partial charge in [0.1, 0.15) is 6.04 Å². The molecule has 5 nitrogen and oxygen atoms in total. The number of nitrogens with one attached hydrogen (secondary N) is 1. The van der Waals surface area contributed by atoms with Crippen LogP contribution in [0.1, 0.15) is 23.2 Å². The van der Waals surface area contributed by atoms with Crippen LogP contribution in [0.25, 0.3) is 5.52 Å². The molecule has 1 aliphatic carbocycles. The highest BCUT2D eigenvalue weighted by molar-refractivity contribution is 6.00. The lowest BCUT2D eigenvalue weighted by Crippen LogP contribution is -2.35. The Hall–Kier alpha value is -2.35. The molecule has 18 heavy (non-hydrogen) atoms. The predicted molar refractivity (Wildman–Crippen MR) is 64.8 cm³/mol. The Bertz CT molecular complexity index is 636. The molecule has 0 spiro atoms. The van der Waals surface area contributed by atoms with Crippen LogP contribution < -0.4 is 5.32 Å². The van der Waals surface area contributed by atoms with E-state index in [1.807, 2.05) is 18.2 Å². The number of amides is 1. The van der Waals surface area contributed by atoms with E-state index in [2.05, 4.69) is 16.5 Å². The molecule has 0 saturated heterocycles. The second-order valence-electron chi connectivity index (χ2n) is 4.51. The summed E-state index contributed by atoms with van der Waals surface area (Å²) in [6.07, 6.45) is 5.36. The first kappa shape index (κ1) is 10.8. The molecule has 0 bridgehead atoms. The minimum absolute atomic E-state index is 0.227. The van der Waals surface area contributed by atoms with Gasteiger partial charge in [0.25, 0.3) is 5.91 Å². The van der Waals surface area contributed by atoms with Crippen molar-refractivity contribution in [3.8, 4) is 6.07 Å². The van der Waals surface area contributed by atoms with Gasteiger partial charge in [-0.2, -0.15) is 10.4 Å². The van der Waals surface area contributed by atoms with Crippen LogP contribution in [0.4, 0.5) is 0 Å². The summed E-state index contributed by atoms with van der Waals surface area (Å²) in [5.74, 6) is 0.0930. The lowest BCUT2D eigenvalue weighted by Gasteiger charge is -2.09. The Kier molecular flexibility index (Phi) is 2.49. The summed E-state index contributed by atoms with van der Waals surface area (Å²) in [7, 11) is 0. The van der Waals surface area contributed by atoms with Gasteiger partial charge in [-0.15, -0.1) is 0 Å². The molecule has 1 fully saturated rings. The van der Waals surface area contributed by atoms with Gasteiger partial charge in [0, 0.05) is 6.20 Å². The molecule has 0 radical (unpaired) electrons. The molecule has 1 aliphatic rings. The summed E-state index contributed by atoms with van der Waals surface area (Å²) in [4.78, 5) is 12.1. The number of hydrogen-bond donors (Lipinski definition) is 1. The monoisotopic (exact) mass is 240 g/mol. The number of fused-ring (bicyclic) bond motifs is 1. The maximum absolute atomic E-state index is 12.1. The lowest BCUT2D eigenvalue weighted by atomic mass is 10.2. The predicted octanol–water partition coefficient (Wildman–Crippen LogP) is 1.37. The molecule has 5 heteroatoms. The van der Waals surface area contributed by atoms with Gasteiger partial charge in [-0.1, -0.05) is 6.07 Å². The summed E-state index contributed by atoms with van der Waals surface area (Å²) >= 11 is 0. The Morgan fingerprint density at radius 1 is 1.56 bits per heavy atom. The molecule has 1 atom stereocenters. The van der Waals surface area contributed by atoms with E-state index in [0.717, 1.165) is 18.4 Å². The van der Waals surface area contributed by atoms with Gasteiger partial charge in [-0.25, -0.2) is 4.52 Å². The maximum Gasteiger partial charge on any atom is 0.256 e. The second kappa shape index (κ2) is 4.15. The van der Waals surface area contributed by atoms with Crippen molar-refractivity contribution in [2.45, 2.75) is 18.9 Å². The molecular formula is C13H12N4O. The minimum Gasteiger partial charge on any atom is -0.336 e. The molecule has 2 heterocycles. The second-order valence-corrected chi connectivity index (χ2v) is 4.51.